The summed E-state index contributed by atoms with van der Waals surface area (Å²) in [5.41, 5.74) is 2.32. The molecule has 0 bridgehead atoms. The maximum Gasteiger partial charge on any atom is 0.410 e. The van der Waals surface area contributed by atoms with Gasteiger partial charge in [0.2, 0.25) is 0 Å². The zero-order valence-electron chi connectivity index (χ0n) is 16.1. The van der Waals surface area contributed by atoms with E-state index in [9.17, 15) is 9.59 Å². The minimum Gasteiger partial charge on any atom is -0.441 e. The molecule has 0 unspecified atom stereocenters. The van der Waals surface area contributed by atoms with Crippen molar-refractivity contribution in [3.8, 4) is 0 Å². The van der Waals surface area contributed by atoms with Crippen LogP contribution in [-0.4, -0.2) is 58.6 Å². The highest BCUT2D eigenvalue weighted by Gasteiger charge is 2.47. The molecule has 0 aliphatic carbocycles. The molecule has 2 aliphatic heterocycles. The number of likely N-dealkylation sites (tertiary alicyclic amines) is 1. The molecule has 6 nitrogen and oxygen atoms in total. The summed E-state index contributed by atoms with van der Waals surface area (Å²) in [6.45, 7) is 4.36. The third-order valence-electron chi connectivity index (χ3n) is 5.79. The summed E-state index contributed by atoms with van der Waals surface area (Å²) < 4.78 is 5.79. The lowest BCUT2D eigenvalue weighted by molar-refractivity contribution is 0.00311. The summed E-state index contributed by atoms with van der Waals surface area (Å²) in [7, 11) is 0. The van der Waals surface area contributed by atoms with Crippen LogP contribution < -0.4 is 0 Å². The van der Waals surface area contributed by atoms with Crippen LogP contribution in [0, 0.1) is 6.92 Å². The van der Waals surface area contributed by atoms with Crippen molar-refractivity contribution >= 4 is 12.0 Å². The third-order valence-corrected chi connectivity index (χ3v) is 5.79. The van der Waals surface area contributed by atoms with Crippen LogP contribution in [0.1, 0.15) is 34.3 Å². The Bertz CT molecular complexity index is 860. The molecular weight excluding hydrogens is 354 g/mol. The van der Waals surface area contributed by atoms with E-state index in [0.717, 1.165) is 12.0 Å². The second-order valence-electron chi connectivity index (χ2n) is 7.69. The Labute approximate surface area is 165 Å². The van der Waals surface area contributed by atoms with E-state index in [1.165, 1.54) is 5.56 Å². The second kappa shape index (κ2) is 7.62. The van der Waals surface area contributed by atoms with Crippen molar-refractivity contribution in [1.82, 2.24) is 14.8 Å². The minimum atomic E-state index is -0.464. The molecule has 0 radical (unpaired) electrons. The van der Waals surface area contributed by atoms with Crippen LogP contribution in [0.4, 0.5) is 4.79 Å². The number of pyridine rings is 1. The van der Waals surface area contributed by atoms with E-state index in [1.54, 1.807) is 17.3 Å². The Kier molecular flexibility index (Phi) is 5.03. The van der Waals surface area contributed by atoms with E-state index in [-0.39, 0.29) is 12.0 Å². The molecular formula is C22H25N3O3. The summed E-state index contributed by atoms with van der Waals surface area (Å²) >= 11 is 0. The van der Waals surface area contributed by atoms with Crippen molar-refractivity contribution in [2.75, 3.05) is 26.2 Å². The molecule has 6 heteroatoms. The molecule has 3 heterocycles. The zero-order valence-corrected chi connectivity index (χ0v) is 16.1. The molecule has 2 saturated heterocycles. The normalized spacial score (nSPS) is 18.4. The molecule has 28 heavy (non-hydrogen) atoms. The van der Waals surface area contributed by atoms with Gasteiger partial charge in [-0.25, -0.2) is 4.79 Å². The van der Waals surface area contributed by atoms with E-state index in [2.05, 4.69) is 17.1 Å². The Morgan fingerprint density at radius 2 is 1.93 bits per heavy atom. The maximum atomic E-state index is 12.8. The number of rotatable bonds is 4. The lowest BCUT2D eigenvalue weighted by Gasteiger charge is -2.37. The highest BCUT2D eigenvalue weighted by Crippen LogP contribution is 2.33. The SMILES string of the molecule is Cc1ccncc1C(=O)N1CCC2(CC1)CN(CCc1ccccc1)C(=O)O2. The highest BCUT2D eigenvalue weighted by molar-refractivity contribution is 5.95. The number of nitrogens with zero attached hydrogens (tertiary/aromatic N) is 3. The lowest BCUT2D eigenvalue weighted by Crippen LogP contribution is -2.49. The average molecular weight is 379 g/mol. The smallest absolute Gasteiger partial charge is 0.410 e. The first-order valence-electron chi connectivity index (χ1n) is 9.78. The van der Waals surface area contributed by atoms with Gasteiger partial charge in [0.05, 0.1) is 12.1 Å². The van der Waals surface area contributed by atoms with E-state index in [4.69, 9.17) is 4.74 Å². The van der Waals surface area contributed by atoms with Crippen molar-refractivity contribution in [2.45, 2.75) is 31.8 Å². The number of amides is 2. The molecule has 1 spiro atoms. The van der Waals surface area contributed by atoms with Gasteiger partial charge < -0.3 is 14.5 Å². The summed E-state index contributed by atoms with van der Waals surface area (Å²) in [6, 6.07) is 12.0. The number of hydrogen-bond donors (Lipinski definition) is 0. The number of carbonyl (C=O) groups excluding carboxylic acids is 2. The molecule has 2 fully saturated rings. The van der Waals surface area contributed by atoms with E-state index in [1.807, 2.05) is 36.1 Å². The molecule has 146 valence electrons. The van der Waals surface area contributed by atoms with Crippen molar-refractivity contribution in [3.63, 3.8) is 0 Å². The largest absolute Gasteiger partial charge is 0.441 e. The first-order chi connectivity index (χ1) is 13.6. The Morgan fingerprint density at radius 3 is 2.64 bits per heavy atom. The van der Waals surface area contributed by atoms with Gasteiger partial charge in [-0.15, -0.1) is 0 Å². The van der Waals surface area contributed by atoms with Crippen molar-refractivity contribution in [1.29, 1.82) is 0 Å². The first kappa shape index (κ1) is 18.5. The molecule has 4 rings (SSSR count). The van der Waals surface area contributed by atoms with Gasteiger partial charge in [0.15, 0.2) is 0 Å². The fraction of sp³-hybridized carbons (Fsp3) is 0.409. The van der Waals surface area contributed by atoms with E-state index in [0.29, 0.717) is 44.6 Å². The fourth-order valence-corrected chi connectivity index (χ4v) is 4.01. The van der Waals surface area contributed by atoms with Gasteiger partial charge >= 0.3 is 6.09 Å². The number of aryl methyl sites for hydroxylation is 1. The summed E-state index contributed by atoms with van der Waals surface area (Å²) in [5.74, 6) is 0.00528. The minimum absolute atomic E-state index is 0.00528. The standard InChI is InChI=1S/C22H25N3O3/c1-17-7-11-23-15-19(17)20(26)24-13-9-22(10-14-24)16-25(21(27)28-22)12-8-18-5-3-2-4-6-18/h2-7,11,15H,8-10,12-14,16H2,1H3. The van der Waals surface area contributed by atoms with Crippen molar-refractivity contribution in [2.24, 2.45) is 0 Å². The number of piperidine rings is 1. The molecule has 2 amide bonds. The van der Waals surface area contributed by atoms with Crippen LogP contribution in [0.3, 0.4) is 0 Å². The predicted octanol–water partition coefficient (Wildman–Crippen LogP) is 3.06. The molecule has 0 N–H and O–H groups in total. The Balaban J connectivity index is 1.34. The van der Waals surface area contributed by atoms with Crippen molar-refractivity contribution in [3.05, 3.63) is 65.5 Å². The molecule has 1 aromatic heterocycles. The van der Waals surface area contributed by atoms with Crippen molar-refractivity contribution < 1.29 is 14.3 Å². The van der Waals surface area contributed by atoms with Gasteiger partial charge in [0.1, 0.15) is 5.60 Å². The van der Waals surface area contributed by atoms with Gasteiger partial charge in [-0.2, -0.15) is 0 Å². The van der Waals surface area contributed by atoms with E-state index >= 15 is 0 Å². The van der Waals surface area contributed by atoms with Gasteiger partial charge in [-0.3, -0.25) is 9.78 Å². The van der Waals surface area contributed by atoms with Crippen LogP contribution in [-0.2, 0) is 11.2 Å². The molecule has 2 aliphatic rings. The van der Waals surface area contributed by atoms with Gasteiger partial charge in [-0.1, -0.05) is 30.3 Å². The number of hydrogen-bond acceptors (Lipinski definition) is 4. The molecule has 1 aromatic carbocycles. The zero-order chi connectivity index (χ0) is 19.6. The van der Waals surface area contributed by atoms with Gasteiger partial charge in [0.25, 0.3) is 5.91 Å². The lowest BCUT2D eigenvalue weighted by atomic mass is 9.91. The van der Waals surface area contributed by atoms with Crippen LogP contribution >= 0.6 is 0 Å². The fourth-order valence-electron chi connectivity index (χ4n) is 4.01. The highest BCUT2D eigenvalue weighted by atomic mass is 16.6. The van der Waals surface area contributed by atoms with Crippen LogP contribution in [0.5, 0.6) is 0 Å². The quantitative estimate of drug-likeness (QED) is 0.819. The molecule has 2 aromatic rings. The van der Waals surface area contributed by atoms with Crippen LogP contribution in [0.25, 0.3) is 0 Å². The number of carbonyl (C=O) groups is 2. The number of ether oxygens (including phenoxy) is 1. The monoisotopic (exact) mass is 379 g/mol. The summed E-state index contributed by atoms with van der Waals surface area (Å²) in [5, 5.41) is 0. The van der Waals surface area contributed by atoms with Crippen LogP contribution in [0.2, 0.25) is 0 Å². The number of aromatic nitrogens is 1. The summed E-state index contributed by atoms with van der Waals surface area (Å²) in [4.78, 5) is 32.9. The predicted molar refractivity (Wildman–Crippen MR) is 105 cm³/mol. The maximum absolute atomic E-state index is 12.8. The molecule has 0 saturated carbocycles. The number of benzene rings is 1. The Morgan fingerprint density at radius 1 is 1.18 bits per heavy atom. The first-order valence-corrected chi connectivity index (χ1v) is 9.78. The molecule has 0 atom stereocenters. The third kappa shape index (κ3) is 3.72. The second-order valence-corrected chi connectivity index (χ2v) is 7.69. The summed E-state index contributed by atoms with van der Waals surface area (Å²) in [6.07, 6.45) is 5.25. The average Bonchev–Trinajstić information content (AvgIpc) is 3.02. The van der Waals surface area contributed by atoms with Crippen LogP contribution in [0.15, 0.2) is 48.8 Å². The van der Waals surface area contributed by atoms with E-state index < -0.39 is 5.60 Å². The van der Waals surface area contributed by atoms with Gasteiger partial charge in [-0.05, 0) is 30.5 Å². The Hall–Kier alpha value is -2.89. The van der Waals surface area contributed by atoms with Gasteiger partial charge in [0, 0.05) is 44.9 Å². The topological polar surface area (TPSA) is 62.7 Å².